The molecule has 3 rings (SSSR count). The first kappa shape index (κ1) is 14.5. The van der Waals surface area contributed by atoms with Crippen LogP contribution in [0.2, 0.25) is 0 Å². The van der Waals surface area contributed by atoms with Gasteiger partial charge in [0, 0.05) is 12.0 Å². The minimum atomic E-state index is -0.704. The zero-order valence-electron chi connectivity index (χ0n) is 12.8. The summed E-state index contributed by atoms with van der Waals surface area (Å²) >= 11 is 0. The van der Waals surface area contributed by atoms with Crippen molar-refractivity contribution in [1.82, 2.24) is 15.1 Å². The van der Waals surface area contributed by atoms with Crippen LogP contribution in [-0.4, -0.2) is 50.9 Å². The molecule has 6 heteroatoms. The Labute approximate surface area is 124 Å². The lowest BCUT2D eigenvalue weighted by Gasteiger charge is -2.46. The number of fused-ring (bicyclic) bond motifs is 1. The van der Waals surface area contributed by atoms with Gasteiger partial charge in [0.1, 0.15) is 0 Å². The molecule has 2 N–H and O–H groups in total. The van der Waals surface area contributed by atoms with Crippen molar-refractivity contribution in [3.05, 3.63) is 17.0 Å². The standard InChI is InChI=1S/C15H23N3O3/c1-4-5-15(20)7-18(8-15)14(19)13-11-6-9(2)21-10(3)12(11)16-17-13/h9-10,20H,4-8H2,1-3H3,(H,16,17)/t9-,10+/m0/s1. The first-order valence-electron chi connectivity index (χ1n) is 7.68. The van der Waals surface area contributed by atoms with Crippen molar-refractivity contribution in [1.29, 1.82) is 0 Å². The number of aliphatic hydroxyl groups is 1. The highest BCUT2D eigenvalue weighted by Crippen LogP contribution is 2.32. The molecular weight excluding hydrogens is 270 g/mol. The van der Waals surface area contributed by atoms with Crippen LogP contribution in [0.15, 0.2) is 0 Å². The van der Waals surface area contributed by atoms with Crippen LogP contribution in [0, 0.1) is 0 Å². The Morgan fingerprint density at radius 3 is 2.90 bits per heavy atom. The smallest absolute Gasteiger partial charge is 0.274 e. The lowest BCUT2D eigenvalue weighted by atomic mass is 9.88. The lowest BCUT2D eigenvalue weighted by molar-refractivity contribution is -0.0862. The molecule has 1 amide bonds. The first-order chi connectivity index (χ1) is 9.93. The van der Waals surface area contributed by atoms with Crippen molar-refractivity contribution >= 4 is 5.91 Å². The zero-order valence-corrected chi connectivity index (χ0v) is 12.8. The Hall–Kier alpha value is -1.40. The number of nitrogens with one attached hydrogen (secondary N) is 1. The molecule has 2 aliphatic rings. The molecule has 1 aromatic heterocycles. The van der Waals surface area contributed by atoms with E-state index in [1.165, 1.54) is 0 Å². The predicted molar refractivity (Wildman–Crippen MR) is 77.0 cm³/mol. The molecule has 1 fully saturated rings. The minimum absolute atomic E-state index is 0.0637. The van der Waals surface area contributed by atoms with Gasteiger partial charge in [-0.3, -0.25) is 9.89 Å². The Morgan fingerprint density at radius 2 is 2.24 bits per heavy atom. The van der Waals surface area contributed by atoms with Crippen LogP contribution < -0.4 is 0 Å². The lowest BCUT2D eigenvalue weighted by Crippen LogP contribution is -2.63. The second-order valence-electron chi connectivity index (χ2n) is 6.39. The number of aromatic amines is 1. The number of aromatic nitrogens is 2. The minimum Gasteiger partial charge on any atom is -0.386 e. The number of amides is 1. The third-order valence-corrected chi connectivity index (χ3v) is 4.41. The second kappa shape index (κ2) is 5.10. The molecule has 0 aromatic carbocycles. The van der Waals surface area contributed by atoms with E-state index >= 15 is 0 Å². The number of hydrogen-bond acceptors (Lipinski definition) is 4. The van der Waals surface area contributed by atoms with Gasteiger partial charge in [-0.15, -0.1) is 0 Å². The van der Waals surface area contributed by atoms with E-state index in [4.69, 9.17) is 4.74 Å². The summed E-state index contributed by atoms with van der Waals surface area (Å²) in [6.45, 7) is 6.82. The number of carbonyl (C=O) groups excluding carboxylic acids is 1. The monoisotopic (exact) mass is 293 g/mol. The molecule has 0 saturated carbocycles. The molecule has 1 aromatic rings. The van der Waals surface area contributed by atoms with Crippen molar-refractivity contribution in [3.8, 4) is 0 Å². The van der Waals surface area contributed by atoms with E-state index in [1.54, 1.807) is 4.90 Å². The summed E-state index contributed by atoms with van der Waals surface area (Å²) in [4.78, 5) is 14.2. The summed E-state index contributed by atoms with van der Waals surface area (Å²) in [7, 11) is 0. The number of β-amino-alcohol motifs (C(OH)–C–C–N with tert-alkyl or cyclic N) is 1. The molecule has 3 heterocycles. The topological polar surface area (TPSA) is 78.5 Å². The fraction of sp³-hybridized carbons (Fsp3) is 0.733. The van der Waals surface area contributed by atoms with Gasteiger partial charge in [0.25, 0.3) is 5.91 Å². The maximum atomic E-state index is 12.6. The Kier molecular flexibility index (Phi) is 3.53. The van der Waals surface area contributed by atoms with Gasteiger partial charge in [-0.1, -0.05) is 13.3 Å². The highest BCUT2D eigenvalue weighted by Gasteiger charge is 2.44. The normalized spacial score (nSPS) is 27.1. The predicted octanol–water partition coefficient (Wildman–Crippen LogP) is 1.42. The van der Waals surface area contributed by atoms with Gasteiger partial charge in [-0.2, -0.15) is 5.10 Å². The molecule has 116 valence electrons. The Balaban J connectivity index is 1.76. The second-order valence-corrected chi connectivity index (χ2v) is 6.39. The van der Waals surface area contributed by atoms with Gasteiger partial charge in [0.15, 0.2) is 5.69 Å². The van der Waals surface area contributed by atoms with E-state index < -0.39 is 5.60 Å². The van der Waals surface area contributed by atoms with Crippen molar-refractivity contribution in [2.45, 2.75) is 57.8 Å². The van der Waals surface area contributed by atoms with Crippen LogP contribution in [0.3, 0.4) is 0 Å². The van der Waals surface area contributed by atoms with Gasteiger partial charge in [-0.05, 0) is 20.3 Å². The summed E-state index contributed by atoms with van der Waals surface area (Å²) in [5.41, 5.74) is 1.66. The van der Waals surface area contributed by atoms with Crippen LogP contribution in [0.4, 0.5) is 0 Å². The third-order valence-electron chi connectivity index (χ3n) is 4.41. The quantitative estimate of drug-likeness (QED) is 0.883. The number of nitrogens with zero attached hydrogens (tertiary/aromatic N) is 2. The molecular formula is C15H23N3O3. The number of hydrogen-bond donors (Lipinski definition) is 2. The highest BCUT2D eigenvalue weighted by molar-refractivity contribution is 5.94. The molecule has 0 radical (unpaired) electrons. The molecule has 0 unspecified atom stereocenters. The van der Waals surface area contributed by atoms with Gasteiger partial charge in [0.05, 0.1) is 36.6 Å². The van der Waals surface area contributed by atoms with E-state index in [0.717, 1.165) is 24.1 Å². The van der Waals surface area contributed by atoms with E-state index in [9.17, 15) is 9.90 Å². The molecule has 0 aliphatic carbocycles. The third kappa shape index (κ3) is 2.46. The van der Waals surface area contributed by atoms with Gasteiger partial charge < -0.3 is 14.7 Å². The number of H-pyrrole nitrogens is 1. The molecule has 6 nitrogen and oxygen atoms in total. The van der Waals surface area contributed by atoms with Gasteiger partial charge >= 0.3 is 0 Å². The Morgan fingerprint density at radius 1 is 1.52 bits per heavy atom. The zero-order chi connectivity index (χ0) is 15.2. The maximum Gasteiger partial charge on any atom is 0.274 e. The van der Waals surface area contributed by atoms with Crippen LogP contribution in [-0.2, 0) is 11.2 Å². The number of rotatable bonds is 3. The summed E-state index contributed by atoms with van der Waals surface area (Å²) in [6.07, 6.45) is 2.38. The molecule has 0 bridgehead atoms. The van der Waals surface area contributed by atoms with Crippen molar-refractivity contribution in [2.24, 2.45) is 0 Å². The average molecular weight is 293 g/mol. The van der Waals surface area contributed by atoms with E-state index in [0.29, 0.717) is 25.2 Å². The summed E-state index contributed by atoms with van der Waals surface area (Å²) in [6, 6.07) is 0. The maximum absolute atomic E-state index is 12.6. The van der Waals surface area contributed by atoms with Gasteiger partial charge in [-0.25, -0.2) is 0 Å². The number of carbonyl (C=O) groups is 1. The van der Waals surface area contributed by atoms with Gasteiger partial charge in [0.2, 0.25) is 0 Å². The summed E-state index contributed by atoms with van der Waals surface area (Å²) in [5, 5.41) is 17.4. The molecule has 0 spiro atoms. The van der Waals surface area contributed by atoms with Crippen molar-refractivity contribution in [2.75, 3.05) is 13.1 Å². The van der Waals surface area contributed by atoms with Crippen LogP contribution in [0.25, 0.3) is 0 Å². The average Bonchev–Trinajstić information content (AvgIpc) is 2.79. The largest absolute Gasteiger partial charge is 0.386 e. The molecule has 1 saturated heterocycles. The summed E-state index contributed by atoms with van der Waals surface area (Å²) < 4.78 is 5.74. The van der Waals surface area contributed by atoms with Crippen LogP contribution in [0.1, 0.15) is 61.5 Å². The number of ether oxygens (including phenoxy) is 1. The molecule has 2 aliphatic heterocycles. The van der Waals surface area contributed by atoms with Crippen LogP contribution in [0.5, 0.6) is 0 Å². The first-order valence-corrected chi connectivity index (χ1v) is 7.68. The fourth-order valence-electron chi connectivity index (χ4n) is 3.43. The van der Waals surface area contributed by atoms with E-state index in [2.05, 4.69) is 10.2 Å². The van der Waals surface area contributed by atoms with E-state index in [-0.39, 0.29) is 18.1 Å². The number of likely N-dealkylation sites (tertiary alicyclic amines) is 1. The van der Waals surface area contributed by atoms with Crippen molar-refractivity contribution in [3.63, 3.8) is 0 Å². The highest BCUT2D eigenvalue weighted by atomic mass is 16.5. The molecule has 2 atom stereocenters. The molecule has 21 heavy (non-hydrogen) atoms. The van der Waals surface area contributed by atoms with E-state index in [1.807, 2.05) is 20.8 Å². The SMILES string of the molecule is CCCC1(O)CN(C(=O)c2n[nH]c3c2C[C@H](C)O[C@@H]3C)C1. The Bertz CT molecular complexity index is 548. The fourth-order valence-corrected chi connectivity index (χ4v) is 3.43. The van der Waals surface area contributed by atoms with Crippen LogP contribution >= 0.6 is 0 Å². The van der Waals surface area contributed by atoms with Crippen molar-refractivity contribution < 1.29 is 14.6 Å². The summed E-state index contributed by atoms with van der Waals surface area (Å²) in [5.74, 6) is -0.0884.